The number of hydrogen-bond donors (Lipinski definition) is 1. The molecule has 1 aromatic rings. The van der Waals surface area contributed by atoms with Crippen LogP contribution in [0.1, 0.15) is 51.7 Å². The molecule has 1 heteroatoms. The highest BCUT2D eigenvalue weighted by molar-refractivity contribution is 5.51. The smallest absolute Gasteiger partial charge is 0.0352 e. The molecule has 0 aliphatic carbocycles. The Labute approximate surface area is 87.3 Å². The molecule has 14 heavy (non-hydrogen) atoms. The summed E-state index contributed by atoms with van der Waals surface area (Å²) >= 11 is 0. The molecule has 1 rings (SSSR count). The molecule has 0 radical (unpaired) electrons. The lowest BCUT2D eigenvalue weighted by molar-refractivity contribution is 0.590. The molecule has 0 atom stereocenters. The van der Waals surface area contributed by atoms with E-state index in [1.165, 1.54) is 11.1 Å². The van der Waals surface area contributed by atoms with E-state index in [4.69, 9.17) is 5.73 Å². The van der Waals surface area contributed by atoms with Crippen molar-refractivity contribution in [1.82, 2.24) is 0 Å². The third kappa shape index (κ3) is 2.28. The Balaban J connectivity index is 3.13. The maximum atomic E-state index is 6.02. The Morgan fingerprint density at radius 1 is 1.14 bits per heavy atom. The van der Waals surface area contributed by atoms with Crippen molar-refractivity contribution in [3.05, 3.63) is 29.3 Å². The number of anilines is 1. The van der Waals surface area contributed by atoms with Gasteiger partial charge in [-0.2, -0.15) is 0 Å². The van der Waals surface area contributed by atoms with Crippen molar-refractivity contribution >= 4 is 5.69 Å². The highest BCUT2D eigenvalue weighted by atomic mass is 14.6. The molecule has 0 saturated carbocycles. The highest BCUT2D eigenvalue weighted by Crippen LogP contribution is 2.28. The zero-order valence-corrected chi connectivity index (χ0v) is 9.89. The molecule has 0 spiro atoms. The van der Waals surface area contributed by atoms with Gasteiger partial charge in [-0.1, -0.05) is 46.8 Å². The second-order valence-corrected chi connectivity index (χ2v) is 5.25. The molecule has 1 aromatic carbocycles. The molecule has 0 aliphatic heterocycles. The first-order chi connectivity index (χ1) is 6.32. The molecule has 0 bridgehead atoms. The van der Waals surface area contributed by atoms with Gasteiger partial charge < -0.3 is 5.73 Å². The molecule has 0 aliphatic rings. The van der Waals surface area contributed by atoms with E-state index in [9.17, 15) is 0 Å². The summed E-state index contributed by atoms with van der Waals surface area (Å²) in [5.41, 5.74) is 9.68. The Bertz CT molecular complexity index is 318. The molecule has 0 aromatic heterocycles. The zero-order valence-electron chi connectivity index (χ0n) is 9.89. The van der Waals surface area contributed by atoms with Crippen LogP contribution < -0.4 is 5.73 Å². The number of nitrogens with two attached hydrogens (primary N) is 1. The summed E-state index contributed by atoms with van der Waals surface area (Å²) in [5, 5.41) is 0. The fraction of sp³-hybridized carbons (Fsp3) is 0.538. The standard InChI is InChI=1S/C13H21N/c1-9(2)11-7-6-10(8-12(11)14)13(3,4)5/h6-9H,14H2,1-5H3. The summed E-state index contributed by atoms with van der Waals surface area (Å²) in [6.07, 6.45) is 0. The molecule has 0 heterocycles. The minimum absolute atomic E-state index is 0.184. The van der Waals surface area contributed by atoms with Gasteiger partial charge in [-0.3, -0.25) is 0 Å². The van der Waals surface area contributed by atoms with Gasteiger partial charge in [-0.25, -0.2) is 0 Å². The van der Waals surface area contributed by atoms with Gasteiger partial charge in [0, 0.05) is 5.69 Å². The third-order valence-electron chi connectivity index (χ3n) is 2.57. The van der Waals surface area contributed by atoms with Gasteiger partial charge in [0.2, 0.25) is 0 Å². The lowest BCUT2D eigenvalue weighted by Crippen LogP contribution is -2.12. The summed E-state index contributed by atoms with van der Waals surface area (Å²) in [6, 6.07) is 6.45. The fourth-order valence-electron chi connectivity index (χ4n) is 1.57. The lowest BCUT2D eigenvalue weighted by atomic mass is 9.85. The van der Waals surface area contributed by atoms with Crippen molar-refractivity contribution in [2.75, 3.05) is 5.73 Å². The van der Waals surface area contributed by atoms with Gasteiger partial charge >= 0.3 is 0 Å². The molecule has 2 N–H and O–H groups in total. The molecule has 0 unspecified atom stereocenters. The molecule has 0 saturated heterocycles. The monoisotopic (exact) mass is 191 g/mol. The van der Waals surface area contributed by atoms with Crippen LogP contribution in [0.5, 0.6) is 0 Å². The number of nitrogen functional groups attached to an aromatic ring is 1. The van der Waals surface area contributed by atoms with Gasteiger partial charge in [0.25, 0.3) is 0 Å². The third-order valence-corrected chi connectivity index (χ3v) is 2.57. The van der Waals surface area contributed by atoms with Crippen LogP contribution in [0.2, 0.25) is 0 Å². The van der Waals surface area contributed by atoms with Gasteiger partial charge in [-0.15, -0.1) is 0 Å². The van der Waals surface area contributed by atoms with Crippen molar-refractivity contribution in [2.24, 2.45) is 0 Å². The Hall–Kier alpha value is -0.980. The average Bonchev–Trinajstić information content (AvgIpc) is 2.01. The Morgan fingerprint density at radius 2 is 1.71 bits per heavy atom. The van der Waals surface area contributed by atoms with E-state index < -0.39 is 0 Å². The Kier molecular flexibility index (Phi) is 2.89. The topological polar surface area (TPSA) is 26.0 Å². The molecule has 1 nitrogen and oxygen atoms in total. The second kappa shape index (κ2) is 3.64. The van der Waals surface area contributed by atoms with Crippen LogP contribution in [-0.4, -0.2) is 0 Å². The summed E-state index contributed by atoms with van der Waals surface area (Å²) in [7, 11) is 0. The first-order valence-electron chi connectivity index (χ1n) is 5.22. The van der Waals surface area contributed by atoms with Crippen LogP contribution in [-0.2, 0) is 5.41 Å². The van der Waals surface area contributed by atoms with Crippen molar-refractivity contribution in [2.45, 2.75) is 46.0 Å². The first kappa shape index (κ1) is 11.1. The highest BCUT2D eigenvalue weighted by Gasteiger charge is 2.15. The van der Waals surface area contributed by atoms with Crippen LogP contribution in [0, 0.1) is 0 Å². The van der Waals surface area contributed by atoms with E-state index >= 15 is 0 Å². The largest absolute Gasteiger partial charge is 0.398 e. The minimum atomic E-state index is 0.184. The van der Waals surface area contributed by atoms with E-state index in [0.29, 0.717) is 5.92 Å². The van der Waals surface area contributed by atoms with Crippen molar-refractivity contribution in [1.29, 1.82) is 0 Å². The van der Waals surface area contributed by atoms with Gasteiger partial charge in [0.15, 0.2) is 0 Å². The zero-order chi connectivity index (χ0) is 10.9. The van der Waals surface area contributed by atoms with Crippen LogP contribution >= 0.6 is 0 Å². The quantitative estimate of drug-likeness (QED) is 0.673. The van der Waals surface area contributed by atoms with Crippen molar-refractivity contribution < 1.29 is 0 Å². The average molecular weight is 191 g/mol. The SMILES string of the molecule is CC(C)c1ccc(C(C)(C)C)cc1N. The summed E-state index contributed by atoms with van der Waals surface area (Å²) in [5.74, 6) is 0.504. The van der Waals surface area contributed by atoms with Gasteiger partial charge in [0.1, 0.15) is 0 Å². The van der Waals surface area contributed by atoms with Crippen LogP contribution in [0.15, 0.2) is 18.2 Å². The van der Waals surface area contributed by atoms with Crippen LogP contribution in [0.4, 0.5) is 5.69 Å². The van der Waals surface area contributed by atoms with E-state index in [-0.39, 0.29) is 5.41 Å². The van der Waals surface area contributed by atoms with E-state index in [1.807, 2.05) is 0 Å². The first-order valence-corrected chi connectivity index (χ1v) is 5.22. The van der Waals surface area contributed by atoms with Gasteiger partial charge in [-0.05, 0) is 28.5 Å². The van der Waals surface area contributed by atoms with E-state index in [0.717, 1.165) is 5.69 Å². The molecule has 78 valence electrons. The Morgan fingerprint density at radius 3 is 2.07 bits per heavy atom. The van der Waals surface area contributed by atoms with E-state index in [1.54, 1.807) is 0 Å². The normalized spacial score (nSPS) is 12.1. The minimum Gasteiger partial charge on any atom is -0.398 e. The number of hydrogen-bond acceptors (Lipinski definition) is 1. The maximum absolute atomic E-state index is 6.02. The van der Waals surface area contributed by atoms with Gasteiger partial charge in [0.05, 0.1) is 0 Å². The van der Waals surface area contributed by atoms with Crippen LogP contribution in [0.3, 0.4) is 0 Å². The van der Waals surface area contributed by atoms with Crippen molar-refractivity contribution in [3.8, 4) is 0 Å². The number of benzene rings is 1. The summed E-state index contributed by atoms with van der Waals surface area (Å²) in [4.78, 5) is 0. The molecular formula is C13H21N. The summed E-state index contributed by atoms with van der Waals surface area (Å²) < 4.78 is 0. The van der Waals surface area contributed by atoms with Crippen LogP contribution in [0.25, 0.3) is 0 Å². The second-order valence-electron chi connectivity index (χ2n) is 5.25. The maximum Gasteiger partial charge on any atom is 0.0352 e. The molecule has 0 fully saturated rings. The predicted molar refractivity (Wildman–Crippen MR) is 63.6 cm³/mol. The summed E-state index contributed by atoms with van der Waals surface area (Å²) in [6.45, 7) is 11.0. The lowest BCUT2D eigenvalue weighted by Gasteiger charge is -2.21. The number of rotatable bonds is 1. The predicted octanol–water partition coefficient (Wildman–Crippen LogP) is 3.69. The van der Waals surface area contributed by atoms with Crippen molar-refractivity contribution in [3.63, 3.8) is 0 Å². The van der Waals surface area contributed by atoms with E-state index in [2.05, 4.69) is 52.8 Å². The molecule has 0 amide bonds. The fourth-order valence-corrected chi connectivity index (χ4v) is 1.57. The molecular weight excluding hydrogens is 170 g/mol.